The van der Waals surface area contributed by atoms with E-state index in [0.717, 1.165) is 11.3 Å². The van der Waals surface area contributed by atoms with Crippen molar-refractivity contribution in [3.8, 4) is 5.75 Å². The molecular formula is C20H26ClNO. The van der Waals surface area contributed by atoms with Crippen LogP contribution in [-0.2, 0) is 10.8 Å². The van der Waals surface area contributed by atoms with Crippen LogP contribution in [0.15, 0.2) is 36.4 Å². The third kappa shape index (κ3) is 4.00. The standard InChI is InChI=1S/C20H26ClNO/c1-19(2,3)13-11-14(20(4,5)6)18(23)17(12-13)22-16-10-8-7-9-15(16)21/h7-12,22-23H,1-6H3. The lowest BCUT2D eigenvalue weighted by Crippen LogP contribution is -2.17. The zero-order chi connectivity index (χ0) is 17.4. The second kappa shape index (κ2) is 6.09. The molecule has 2 nitrogen and oxygen atoms in total. The fourth-order valence-electron chi connectivity index (χ4n) is 2.44. The number of benzene rings is 2. The minimum atomic E-state index is -0.151. The Morgan fingerprint density at radius 1 is 0.870 bits per heavy atom. The van der Waals surface area contributed by atoms with Gasteiger partial charge in [0.25, 0.3) is 0 Å². The van der Waals surface area contributed by atoms with Gasteiger partial charge in [-0.1, -0.05) is 71.3 Å². The summed E-state index contributed by atoms with van der Waals surface area (Å²) in [5, 5.41) is 14.7. The third-order valence-electron chi connectivity index (χ3n) is 3.93. The molecule has 0 fully saturated rings. The van der Waals surface area contributed by atoms with Crippen LogP contribution in [0.25, 0.3) is 0 Å². The minimum absolute atomic E-state index is 0.00931. The fourth-order valence-corrected chi connectivity index (χ4v) is 2.63. The van der Waals surface area contributed by atoms with E-state index in [0.29, 0.717) is 10.7 Å². The number of hydrogen-bond donors (Lipinski definition) is 2. The van der Waals surface area contributed by atoms with E-state index in [-0.39, 0.29) is 16.6 Å². The van der Waals surface area contributed by atoms with Gasteiger partial charge in [0, 0.05) is 5.56 Å². The summed E-state index contributed by atoms with van der Waals surface area (Å²) >= 11 is 6.24. The Morgan fingerprint density at radius 2 is 1.48 bits per heavy atom. The van der Waals surface area contributed by atoms with Gasteiger partial charge in [0.1, 0.15) is 5.75 Å². The molecular weight excluding hydrogens is 306 g/mol. The van der Waals surface area contributed by atoms with Crippen LogP contribution < -0.4 is 5.32 Å². The SMILES string of the molecule is CC(C)(C)c1cc(Nc2ccccc2Cl)c(O)c(C(C)(C)C)c1. The van der Waals surface area contributed by atoms with Gasteiger partial charge in [0.15, 0.2) is 0 Å². The summed E-state index contributed by atoms with van der Waals surface area (Å²) < 4.78 is 0. The Hall–Kier alpha value is -1.67. The molecule has 0 bridgehead atoms. The number of para-hydroxylation sites is 1. The third-order valence-corrected chi connectivity index (χ3v) is 4.26. The topological polar surface area (TPSA) is 32.3 Å². The maximum absolute atomic E-state index is 10.8. The number of nitrogens with one attached hydrogen (secondary N) is 1. The van der Waals surface area contributed by atoms with Crippen LogP contribution in [0.2, 0.25) is 5.02 Å². The summed E-state index contributed by atoms with van der Waals surface area (Å²) in [4.78, 5) is 0. The van der Waals surface area contributed by atoms with Gasteiger partial charge < -0.3 is 10.4 Å². The molecule has 0 aliphatic heterocycles. The fraction of sp³-hybridized carbons (Fsp3) is 0.400. The van der Waals surface area contributed by atoms with E-state index in [1.165, 1.54) is 5.56 Å². The van der Waals surface area contributed by atoms with Gasteiger partial charge in [-0.05, 0) is 34.6 Å². The van der Waals surface area contributed by atoms with Crippen LogP contribution in [0.5, 0.6) is 5.75 Å². The monoisotopic (exact) mass is 331 g/mol. The molecule has 2 rings (SSSR count). The smallest absolute Gasteiger partial charge is 0.142 e. The molecule has 2 N–H and O–H groups in total. The second-order valence-electron chi connectivity index (χ2n) is 8.02. The summed E-state index contributed by atoms with van der Waals surface area (Å²) in [5.74, 6) is 0.283. The molecule has 0 heterocycles. The zero-order valence-electron chi connectivity index (χ0n) is 14.8. The number of rotatable bonds is 2. The molecule has 0 atom stereocenters. The van der Waals surface area contributed by atoms with Gasteiger partial charge in [0.05, 0.1) is 16.4 Å². The second-order valence-corrected chi connectivity index (χ2v) is 8.43. The molecule has 0 aliphatic carbocycles. The van der Waals surface area contributed by atoms with E-state index < -0.39 is 0 Å². The van der Waals surface area contributed by atoms with Crippen molar-refractivity contribution in [1.29, 1.82) is 0 Å². The largest absolute Gasteiger partial charge is 0.505 e. The van der Waals surface area contributed by atoms with Crippen LogP contribution in [0, 0.1) is 0 Å². The van der Waals surface area contributed by atoms with Crippen LogP contribution in [0.3, 0.4) is 0 Å². The highest BCUT2D eigenvalue weighted by Crippen LogP contribution is 2.41. The summed E-state index contributed by atoms with van der Waals surface area (Å²) in [6.45, 7) is 12.8. The quantitative estimate of drug-likeness (QED) is 0.625. The highest BCUT2D eigenvalue weighted by molar-refractivity contribution is 6.33. The highest BCUT2D eigenvalue weighted by Gasteiger charge is 2.25. The van der Waals surface area contributed by atoms with Crippen molar-refractivity contribution < 1.29 is 5.11 Å². The molecule has 2 aromatic rings. The maximum Gasteiger partial charge on any atom is 0.142 e. The van der Waals surface area contributed by atoms with E-state index in [1.807, 2.05) is 30.3 Å². The van der Waals surface area contributed by atoms with Crippen molar-refractivity contribution >= 4 is 23.0 Å². The molecule has 0 radical (unpaired) electrons. The Morgan fingerprint density at radius 3 is 2.00 bits per heavy atom. The predicted octanol–water partition coefficient (Wildman–Crippen LogP) is 6.38. The number of hydrogen-bond acceptors (Lipinski definition) is 2. The van der Waals surface area contributed by atoms with Crippen LogP contribution >= 0.6 is 11.6 Å². The number of phenolic OH excluding ortho intramolecular Hbond substituents is 1. The maximum atomic E-state index is 10.8. The number of halogens is 1. The molecule has 0 amide bonds. The summed E-state index contributed by atoms with van der Waals surface area (Å²) in [7, 11) is 0. The van der Waals surface area contributed by atoms with Crippen LogP contribution in [-0.4, -0.2) is 5.11 Å². The van der Waals surface area contributed by atoms with Crippen molar-refractivity contribution in [2.24, 2.45) is 0 Å². The van der Waals surface area contributed by atoms with E-state index >= 15 is 0 Å². The predicted molar refractivity (Wildman–Crippen MR) is 100 cm³/mol. The van der Waals surface area contributed by atoms with Gasteiger partial charge in [-0.25, -0.2) is 0 Å². The summed E-state index contributed by atoms with van der Waals surface area (Å²) in [6.07, 6.45) is 0. The first-order valence-electron chi connectivity index (χ1n) is 7.89. The molecule has 0 unspecified atom stereocenters. The first-order valence-corrected chi connectivity index (χ1v) is 8.27. The minimum Gasteiger partial charge on any atom is -0.505 e. The Labute approximate surface area is 144 Å². The number of phenols is 1. The lowest BCUT2D eigenvalue weighted by atomic mass is 9.79. The van der Waals surface area contributed by atoms with Crippen LogP contribution in [0.4, 0.5) is 11.4 Å². The van der Waals surface area contributed by atoms with Gasteiger partial charge >= 0.3 is 0 Å². The Kier molecular flexibility index (Phi) is 4.68. The molecule has 0 saturated carbocycles. The molecule has 124 valence electrons. The van der Waals surface area contributed by atoms with Crippen LogP contribution in [0.1, 0.15) is 52.7 Å². The zero-order valence-corrected chi connectivity index (χ0v) is 15.5. The highest BCUT2D eigenvalue weighted by atomic mass is 35.5. The van der Waals surface area contributed by atoms with Gasteiger partial charge in [-0.15, -0.1) is 0 Å². The first kappa shape index (κ1) is 17.7. The Balaban J connectivity index is 2.60. The van der Waals surface area contributed by atoms with E-state index in [4.69, 9.17) is 11.6 Å². The van der Waals surface area contributed by atoms with Crippen molar-refractivity contribution in [3.05, 3.63) is 52.5 Å². The van der Waals surface area contributed by atoms with Gasteiger partial charge in [0.2, 0.25) is 0 Å². The van der Waals surface area contributed by atoms with E-state index in [9.17, 15) is 5.11 Å². The van der Waals surface area contributed by atoms with Gasteiger partial charge in [-0.2, -0.15) is 0 Å². The number of aromatic hydroxyl groups is 1. The van der Waals surface area contributed by atoms with Crippen molar-refractivity contribution in [2.45, 2.75) is 52.4 Å². The molecule has 3 heteroatoms. The van der Waals surface area contributed by atoms with E-state index in [1.54, 1.807) is 0 Å². The molecule has 23 heavy (non-hydrogen) atoms. The first-order chi connectivity index (χ1) is 10.5. The summed E-state index contributed by atoms with van der Waals surface area (Å²) in [5.41, 5.74) is 3.42. The van der Waals surface area contributed by atoms with Crippen molar-refractivity contribution in [3.63, 3.8) is 0 Å². The average Bonchev–Trinajstić information content (AvgIpc) is 2.40. The average molecular weight is 332 g/mol. The normalized spacial score (nSPS) is 12.3. The molecule has 0 aromatic heterocycles. The molecule has 0 aliphatic rings. The molecule has 0 saturated heterocycles. The number of anilines is 2. The van der Waals surface area contributed by atoms with E-state index in [2.05, 4.69) is 52.9 Å². The lowest BCUT2D eigenvalue weighted by molar-refractivity contribution is 0.447. The molecule has 0 spiro atoms. The molecule has 2 aromatic carbocycles. The van der Waals surface area contributed by atoms with Gasteiger partial charge in [-0.3, -0.25) is 0 Å². The summed E-state index contributed by atoms with van der Waals surface area (Å²) in [6, 6.07) is 11.7. The van der Waals surface area contributed by atoms with Crippen molar-refractivity contribution in [2.75, 3.05) is 5.32 Å². The van der Waals surface area contributed by atoms with Crippen molar-refractivity contribution in [1.82, 2.24) is 0 Å². The lowest BCUT2D eigenvalue weighted by Gasteiger charge is -2.28. The Bertz CT molecular complexity index is 709.